The molecular formula is C34H35Cl2N3O4S. The van der Waals surface area contributed by atoms with Crippen LogP contribution in [-0.2, 0) is 32.6 Å². The van der Waals surface area contributed by atoms with Gasteiger partial charge in [0.05, 0.1) is 10.6 Å². The monoisotopic (exact) mass is 651 g/mol. The predicted octanol–water partition coefficient (Wildman–Crippen LogP) is 6.66. The number of anilines is 1. The molecule has 0 saturated carbocycles. The normalized spacial score (nSPS) is 11.9. The van der Waals surface area contributed by atoms with Crippen LogP contribution >= 0.6 is 23.2 Å². The van der Waals surface area contributed by atoms with Gasteiger partial charge in [-0.25, -0.2) is 8.42 Å². The van der Waals surface area contributed by atoms with Crippen LogP contribution in [0.5, 0.6) is 0 Å². The summed E-state index contributed by atoms with van der Waals surface area (Å²) in [7, 11) is -4.17. The highest BCUT2D eigenvalue weighted by molar-refractivity contribution is 7.92. The first kappa shape index (κ1) is 33.1. The summed E-state index contributed by atoms with van der Waals surface area (Å²) in [5.41, 5.74) is 2.44. The molecular weight excluding hydrogens is 617 g/mol. The fourth-order valence-corrected chi connectivity index (χ4v) is 6.75. The number of carbonyl (C=O) groups is 2. The van der Waals surface area contributed by atoms with Gasteiger partial charge < -0.3 is 10.2 Å². The highest BCUT2D eigenvalue weighted by atomic mass is 35.5. The molecule has 0 aliphatic carbocycles. The predicted molar refractivity (Wildman–Crippen MR) is 176 cm³/mol. The van der Waals surface area contributed by atoms with Gasteiger partial charge >= 0.3 is 0 Å². The maximum absolute atomic E-state index is 14.5. The van der Waals surface area contributed by atoms with Gasteiger partial charge in [-0.15, -0.1) is 0 Å². The molecule has 0 radical (unpaired) electrons. The highest BCUT2D eigenvalue weighted by Gasteiger charge is 2.35. The Labute approximate surface area is 269 Å². The van der Waals surface area contributed by atoms with Gasteiger partial charge in [0, 0.05) is 35.1 Å². The molecule has 7 nitrogen and oxygen atoms in total. The molecule has 0 heterocycles. The zero-order valence-corrected chi connectivity index (χ0v) is 26.9. The van der Waals surface area contributed by atoms with Gasteiger partial charge in [-0.2, -0.15) is 0 Å². The molecule has 0 unspecified atom stereocenters. The largest absolute Gasteiger partial charge is 0.354 e. The number of aryl methyl sites for hydroxylation is 1. The van der Waals surface area contributed by atoms with Gasteiger partial charge in [0.15, 0.2) is 0 Å². The lowest BCUT2D eigenvalue weighted by Crippen LogP contribution is -2.53. The van der Waals surface area contributed by atoms with Gasteiger partial charge in [0.2, 0.25) is 11.8 Å². The topological polar surface area (TPSA) is 86.8 Å². The third-order valence-electron chi connectivity index (χ3n) is 7.11. The Balaban J connectivity index is 1.82. The molecule has 1 N–H and O–H groups in total. The summed E-state index contributed by atoms with van der Waals surface area (Å²) in [5, 5.41) is 3.58. The zero-order valence-electron chi connectivity index (χ0n) is 24.6. The number of hydrogen-bond acceptors (Lipinski definition) is 4. The summed E-state index contributed by atoms with van der Waals surface area (Å²) < 4.78 is 29.2. The Kier molecular flexibility index (Phi) is 11.4. The molecule has 0 aliphatic rings. The summed E-state index contributed by atoms with van der Waals surface area (Å²) in [5.74, 6) is -0.949. The summed E-state index contributed by atoms with van der Waals surface area (Å²) in [4.78, 5) is 29.6. The lowest BCUT2D eigenvalue weighted by atomic mass is 10.0. The molecule has 230 valence electrons. The van der Waals surface area contributed by atoms with Crippen molar-refractivity contribution in [3.05, 3.63) is 130 Å². The summed E-state index contributed by atoms with van der Waals surface area (Å²) in [6.07, 6.45) is 0.893. The van der Waals surface area contributed by atoms with Gasteiger partial charge in [-0.05, 0) is 60.9 Å². The van der Waals surface area contributed by atoms with Crippen LogP contribution in [0, 0.1) is 6.92 Å². The second-order valence-corrected chi connectivity index (χ2v) is 13.1. The highest BCUT2D eigenvalue weighted by Crippen LogP contribution is 2.29. The van der Waals surface area contributed by atoms with Crippen LogP contribution < -0.4 is 9.62 Å². The van der Waals surface area contributed by atoms with E-state index in [4.69, 9.17) is 23.2 Å². The lowest BCUT2D eigenvalue weighted by molar-refractivity contribution is -0.140. The molecule has 0 bridgehead atoms. The first-order valence-corrected chi connectivity index (χ1v) is 16.5. The maximum Gasteiger partial charge on any atom is 0.264 e. The third-order valence-corrected chi connectivity index (χ3v) is 9.61. The van der Waals surface area contributed by atoms with Crippen LogP contribution in [0.1, 0.15) is 30.0 Å². The van der Waals surface area contributed by atoms with Crippen molar-refractivity contribution in [1.82, 2.24) is 10.2 Å². The Morgan fingerprint density at radius 3 is 2.07 bits per heavy atom. The van der Waals surface area contributed by atoms with E-state index < -0.39 is 28.5 Å². The van der Waals surface area contributed by atoms with Crippen molar-refractivity contribution in [3.8, 4) is 0 Å². The van der Waals surface area contributed by atoms with E-state index in [1.54, 1.807) is 54.6 Å². The molecule has 0 fully saturated rings. The minimum Gasteiger partial charge on any atom is -0.354 e. The zero-order chi connectivity index (χ0) is 31.7. The molecule has 0 spiro atoms. The van der Waals surface area contributed by atoms with Gasteiger partial charge in [0.25, 0.3) is 10.0 Å². The van der Waals surface area contributed by atoms with Crippen LogP contribution in [0.4, 0.5) is 5.69 Å². The van der Waals surface area contributed by atoms with Crippen LogP contribution in [0.25, 0.3) is 0 Å². The number of amides is 2. The van der Waals surface area contributed by atoms with Crippen LogP contribution in [-0.4, -0.2) is 44.3 Å². The van der Waals surface area contributed by atoms with Gasteiger partial charge in [0.1, 0.15) is 12.6 Å². The molecule has 0 saturated heterocycles. The number of benzene rings is 4. The van der Waals surface area contributed by atoms with E-state index in [-0.39, 0.29) is 23.8 Å². The van der Waals surface area contributed by atoms with Crippen molar-refractivity contribution in [3.63, 3.8) is 0 Å². The summed E-state index contributed by atoms with van der Waals surface area (Å²) in [6.45, 7) is 3.53. The number of hydrogen-bond donors (Lipinski definition) is 1. The van der Waals surface area contributed by atoms with Crippen molar-refractivity contribution in [2.24, 2.45) is 0 Å². The molecule has 4 aromatic rings. The molecule has 0 aliphatic heterocycles. The van der Waals surface area contributed by atoms with E-state index in [1.165, 1.54) is 17.0 Å². The van der Waals surface area contributed by atoms with E-state index in [0.717, 1.165) is 15.4 Å². The maximum atomic E-state index is 14.5. The number of nitrogens with zero attached hydrogens (tertiary/aromatic N) is 2. The lowest BCUT2D eigenvalue weighted by Gasteiger charge is -2.34. The Morgan fingerprint density at radius 1 is 0.841 bits per heavy atom. The fraction of sp³-hybridized carbons (Fsp3) is 0.235. The van der Waals surface area contributed by atoms with Crippen molar-refractivity contribution in [1.29, 1.82) is 0 Å². The van der Waals surface area contributed by atoms with E-state index in [2.05, 4.69) is 5.32 Å². The number of halogens is 2. The second kappa shape index (κ2) is 15.2. The van der Waals surface area contributed by atoms with Gasteiger partial charge in [-0.1, -0.05) is 96.9 Å². The molecule has 1 atom stereocenters. The van der Waals surface area contributed by atoms with Crippen LogP contribution in [0.3, 0.4) is 0 Å². The first-order valence-electron chi connectivity index (χ1n) is 14.3. The quantitative estimate of drug-likeness (QED) is 0.175. The van der Waals surface area contributed by atoms with E-state index >= 15 is 0 Å². The number of nitrogens with one attached hydrogen (secondary N) is 1. The van der Waals surface area contributed by atoms with Crippen molar-refractivity contribution in [2.75, 3.05) is 17.4 Å². The van der Waals surface area contributed by atoms with E-state index in [9.17, 15) is 18.0 Å². The van der Waals surface area contributed by atoms with Gasteiger partial charge in [-0.3, -0.25) is 13.9 Å². The number of rotatable bonds is 13. The molecule has 4 aromatic carbocycles. The third kappa shape index (κ3) is 8.20. The van der Waals surface area contributed by atoms with Crippen LogP contribution in [0.15, 0.2) is 108 Å². The van der Waals surface area contributed by atoms with E-state index in [1.807, 2.05) is 50.2 Å². The average molecular weight is 653 g/mol. The van der Waals surface area contributed by atoms with Crippen molar-refractivity contribution >= 4 is 50.7 Å². The first-order chi connectivity index (χ1) is 21.1. The van der Waals surface area contributed by atoms with E-state index in [0.29, 0.717) is 34.3 Å². The molecule has 4 rings (SSSR count). The standard InChI is InChI=1S/C34H35Cl2N3O4S/c1-3-20-37-34(41)32(22-26-13-6-4-7-14-26)38(23-29-30(35)18-11-19-31(29)36)33(40)24-39(27-15-10-12-25(2)21-27)44(42,43)28-16-8-5-9-17-28/h4-19,21,32H,3,20,22-24H2,1-2H3,(H,37,41)/t32-/m0/s1. The molecule has 0 aromatic heterocycles. The van der Waals surface area contributed by atoms with Crippen molar-refractivity contribution in [2.45, 2.75) is 44.2 Å². The Bertz CT molecular complexity index is 1670. The molecule has 2 amide bonds. The Hall–Kier alpha value is -3.85. The minimum absolute atomic E-state index is 0.0385. The molecule has 10 heteroatoms. The molecule has 44 heavy (non-hydrogen) atoms. The minimum atomic E-state index is -4.17. The Morgan fingerprint density at radius 2 is 1.45 bits per heavy atom. The van der Waals surface area contributed by atoms with Crippen LogP contribution in [0.2, 0.25) is 10.0 Å². The number of carbonyl (C=O) groups excluding carboxylic acids is 2. The second-order valence-electron chi connectivity index (χ2n) is 10.4. The summed E-state index contributed by atoms with van der Waals surface area (Å²) >= 11 is 13.1. The summed E-state index contributed by atoms with van der Waals surface area (Å²) in [6, 6.07) is 28.3. The SMILES string of the molecule is CCCNC(=O)[C@H](Cc1ccccc1)N(Cc1c(Cl)cccc1Cl)C(=O)CN(c1cccc(C)c1)S(=O)(=O)c1ccccc1. The number of sulfonamides is 1. The average Bonchev–Trinajstić information content (AvgIpc) is 3.02. The smallest absolute Gasteiger partial charge is 0.264 e. The van der Waals surface area contributed by atoms with Crippen molar-refractivity contribution < 1.29 is 18.0 Å². The fourth-order valence-electron chi connectivity index (χ4n) is 4.81.